The Morgan fingerprint density at radius 2 is 1.78 bits per heavy atom. The molecule has 4 rings (SSSR count). The Kier molecular flexibility index (Phi) is 5.44. The number of hydrogen-bond donors (Lipinski definition) is 0. The molecule has 142 valence electrons. The van der Waals surface area contributed by atoms with Crippen molar-refractivity contribution in [2.75, 3.05) is 50.9 Å². The SMILES string of the molecule is O=C(C1CN(CCOc2ccccc2)c2ccccc2O1)N1CCOCC1. The van der Waals surface area contributed by atoms with Crippen LogP contribution < -0.4 is 14.4 Å². The van der Waals surface area contributed by atoms with Gasteiger partial charge in [0.2, 0.25) is 0 Å². The van der Waals surface area contributed by atoms with Gasteiger partial charge in [0.25, 0.3) is 5.91 Å². The van der Waals surface area contributed by atoms with E-state index in [-0.39, 0.29) is 5.91 Å². The van der Waals surface area contributed by atoms with E-state index in [4.69, 9.17) is 14.2 Å². The minimum absolute atomic E-state index is 0.0294. The number of amides is 1. The summed E-state index contributed by atoms with van der Waals surface area (Å²) in [6.07, 6.45) is -0.505. The highest BCUT2D eigenvalue weighted by Gasteiger charge is 2.33. The number of ether oxygens (including phenoxy) is 3. The molecule has 6 heteroatoms. The van der Waals surface area contributed by atoms with Gasteiger partial charge in [0, 0.05) is 13.1 Å². The Labute approximate surface area is 159 Å². The highest BCUT2D eigenvalue weighted by molar-refractivity contribution is 5.83. The van der Waals surface area contributed by atoms with Crippen LogP contribution in [0.3, 0.4) is 0 Å². The lowest BCUT2D eigenvalue weighted by molar-refractivity contribution is -0.142. The smallest absolute Gasteiger partial charge is 0.265 e. The number of para-hydroxylation sites is 3. The van der Waals surface area contributed by atoms with Crippen molar-refractivity contribution in [1.82, 2.24) is 4.90 Å². The third-order valence-corrected chi connectivity index (χ3v) is 4.83. The number of anilines is 1. The second kappa shape index (κ2) is 8.31. The molecular weight excluding hydrogens is 344 g/mol. The van der Waals surface area contributed by atoms with Gasteiger partial charge in [0.1, 0.15) is 18.1 Å². The zero-order valence-electron chi connectivity index (χ0n) is 15.3. The summed E-state index contributed by atoms with van der Waals surface area (Å²) in [4.78, 5) is 16.9. The highest BCUT2D eigenvalue weighted by atomic mass is 16.5. The molecule has 1 atom stereocenters. The molecular formula is C21H24N2O4. The second-order valence-corrected chi connectivity index (χ2v) is 6.62. The van der Waals surface area contributed by atoms with Crippen LogP contribution in [-0.4, -0.2) is 62.9 Å². The number of benzene rings is 2. The van der Waals surface area contributed by atoms with E-state index in [1.54, 1.807) is 0 Å². The summed E-state index contributed by atoms with van der Waals surface area (Å²) in [6.45, 7) is 4.16. The fourth-order valence-corrected chi connectivity index (χ4v) is 3.43. The molecule has 0 aliphatic carbocycles. The van der Waals surface area contributed by atoms with Crippen LogP contribution in [0.1, 0.15) is 0 Å². The van der Waals surface area contributed by atoms with Crippen LogP contribution in [0.25, 0.3) is 0 Å². The average Bonchev–Trinajstić information content (AvgIpc) is 2.74. The van der Waals surface area contributed by atoms with Crippen LogP contribution in [0.15, 0.2) is 54.6 Å². The molecule has 1 amide bonds. The number of rotatable bonds is 5. The summed E-state index contributed by atoms with van der Waals surface area (Å²) in [6, 6.07) is 17.6. The van der Waals surface area contributed by atoms with E-state index in [0.29, 0.717) is 46.0 Å². The fraction of sp³-hybridized carbons (Fsp3) is 0.381. The molecule has 1 unspecified atom stereocenters. The fourth-order valence-electron chi connectivity index (χ4n) is 3.43. The second-order valence-electron chi connectivity index (χ2n) is 6.62. The first-order valence-electron chi connectivity index (χ1n) is 9.36. The predicted molar refractivity (Wildman–Crippen MR) is 102 cm³/mol. The molecule has 2 heterocycles. The summed E-state index contributed by atoms with van der Waals surface area (Å²) in [5.41, 5.74) is 1.00. The van der Waals surface area contributed by atoms with Crippen molar-refractivity contribution >= 4 is 11.6 Å². The van der Waals surface area contributed by atoms with Crippen molar-refractivity contribution in [3.8, 4) is 11.5 Å². The van der Waals surface area contributed by atoms with E-state index in [9.17, 15) is 4.79 Å². The van der Waals surface area contributed by atoms with Gasteiger partial charge in [-0.2, -0.15) is 0 Å². The molecule has 2 aliphatic rings. The Bertz CT molecular complexity index is 762. The van der Waals surface area contributed by atoms with Crippen LogP contribution in [0.5, 0.6) is 11.5 Å². The quantitative estimate of drug-likeness (QED) is 0.810. The first-order valence-corrected chi connectivity index (χ1v) is 9.36. The van der Waals surface area contributed by atoms with Crippen LogP contribution in [0.2, 0.25) is 0 Å². The Balaban J connectivity index is 1.44. The van der Waals surface area contributed by atoms with Crippen molar-refractivity contribution in [3.05, 3.63) is 54.6 Å². The zero-order chi connectivity index (χ0) is 18.5. The van der Waals surface area contributed by atoms with Crippen LogP contribution in [0.4, 0.5) is 5.69 Å². The summed E-state index contributed by atoms with van der Waals surface area (Å²) in [5.74, 6) is 1.62. The van der Waals surface area contributed by atoms with Gasteiger partial charge in [-0.1, -0.05) is 30.3 Å². The molecule has 2 aromatic rings. The lowest BCUT2D eigenvalue weighted by Crippen LogP contribution is -2.53. The minimum Gasteiger partial charge on any atom is -0.492 e. The largest absolute Gasteiger partial charge is 0.492 e. The standard InChI is InChI=1S/C21H24N2O4/c24-21(22-10-13-25-14-11-22)20-16-23(18-8-4-5-9-19(18)27-20)12-15-26-17-6-2-1-3-7-17/h1-9,20H,10-16H2. The summed E-state index contributed by atoms with van der Waals surface area (Å²) >= 11 is 0. The summed E-state index contributed by atoms with van der Waals surface area (Å²) < 4.78 is 17.2. The maximum absolute atomic E-state index is 12.9. The topological polar surface area (TPSA) is 51.2 Å². The van der Waals surface area contributed by atoms with Gasteiger partial charge >= 0.3 is 0 Å². The van der Waals surface area contributed by atoms with Crippen molar-refractivity contribution in [2.45, 2.75) is 6.10 Å². The molecule has 0 saturated carbocycles. The summed E-state index contributed by atoms with van der Waals surface area (Å²) in [7, 11) is 0. The average molecular weight is 368 g/mol. The van der Waals surface area contributed by atoms with E-state index < -0.39 is 6.10 Å². The Morgan fingerprint density at radius 3 is 2.59 bits per heavy atom. The van der Waals surface area contributed by atoms with Gasteiger partial charge < -0.3 is 24.0 Å². The van der Waals surface area contributed by atoms with Crippen molar-refractivity contribution in [2.24, 2.45) is 0 Å². The number of hydrogen-bond acceptors (Lipinski definition) is 5. The molecule has 0 aromatic heterocycles. The molecule has 1 fully saturated rings. The van der Waals surface area contributed by atoms with Crippen molar-refractivity contribution in [3.63, 3.8) is 0 Å². The lowest BCUT2D eigenvalue weighted by Gasteiger charge is -2.38. The minimum atomic E-state index is -0.505. The van der Waals surface area contributed by atoms with Crippen molar-refractivity contribution < 1.29 is 19.0 Å². The van der Waals surface area contributed by atoms with E-state index in [1.807, 2.05) is 59.5 Å². The number of nitrogens with zero attached hydrogens (tertiary/aromatic N) is 2. The van der Waals surface area contributed by atoms with E-state index >= 15 is 0 Å². The number of carbonyl (C=O) groups excluding carboxylic acids is 1. The predicted octanol–water partition coefficient (Wildman–Crippen LogP) is 2.19. The molecule has 2 aliphatic heterocycles. The monoisotopic (exact) mass is 368 g/mol. The third kappa shape index (κ3) is 4.17. The molecule has 1 saturated heterocycles. The third-order valence-electron chi connectivity index (χ3n) is 4.83. The zero-order valence-corrected chi connectivity index (χ0v) is 15.3. The highest BCUT2D eigenvalue weighted by Crippen LogP contribution is 2.33. The van der Waals surface area contributed by atoms with Crippen LogP contribution in [-0.2, 0) is 9.53 Å². The van der Waals surface area contributed by atoms with Gasteiger partial charge in [0.15, 0.2) is 6.10 Å². The first kappa shape index (κ1) is 17.7. The number of carbonyl (C=O) groups is 1. The molecule has 0 spiro atoms. The van der Waals surface area contributed by atoms with Crippen molar-refractivity contribution in [1.29, 1.82) is 0 Å². The molecule has 0 N–H and O–H groups in total. The Hall–Kier alpha value is -2.73. The van der Waals surface area contributed by atoms with E-state index in [2.05, 4.69) is 4.90 Å². The number of morpholine rings is 1. The molecule has 2 aromatic carbocycles. The molecule has 0 bridgehead atoms. The van der Waals surface area contributed by atoms with Gasteiger partial charge in [0.05, 0.1) is 32.0 Å². The Morgan fingerprint density at radius 1 is 1.04 bits per heavy atom. The first-order chi connectivity index (χ1) is 13.3. The van der Waals surface area contributed by atoms with Crippen LogP contribution in [0, 0.1) is 0 Å². The lowest BCUT2D eigenvalue weighted by atomic mass is 10.1. The van der Waals surface area contributed by atoms with Gasteiger partial charge in [-0.3, -0.25) is 4.79 Å². The number of fused-ring (bicyclic) bond motifs is 1. The molecule has 27 heavy (non-hydrogen) atoms. The molecule has 6 nitrogen and oxygen atoms in total. The van der Waals surface area contributed by atoms with Gasteiger partial charge in [-0.05, 0) is 24.3 Å². The normalized spacial score (nSPS) is 19.2. The van der Waals surface area contributed by atoms with E-state index in [1.165, 1.54) is 0 Å². The maximum atomic E-state index is 12.9. The summed E-state index contributed by atoms with van der Waals surface area (Å²) in [5, 5.41) is 0. The van der Waals surface area contributed by atoms with Gasteiger partial charge in [-0.25, -0.2) is 0 Å². The maximum Gasteiger partial charge on any atom is 0.265 e. The van der Waals surface area contributed by atoms with Crippen LogP contribution >= 0.6 is 0 Å². The molecule has 0 radical (unpaired) electrons. The van der Waals surface area contributed by atoms with Gasteiger partial charge in [-0.15, -0.1) is 0 Å². The van der Waals surface area contributed by atoms with E-state index in [0.717, 1.165) is 17.2 Å².